The van der Waals surface area contributed by atoms with E-state index in [4.69, 9.17) is 0 Å². The number of nitrogens with one attached hydrogen (secondary N) is 1. The Kier molecular flexibility index (Phi) is 3.04. The van der Waals surface area contributed by atoms with Crippen LogP contribution < -0.4 is 5.32 Å². The fourth-order valence-electron chi connectivity index (χ4n) is 1.96. The fourth-order valence-corrected chi connectivity index (χ4v) is 1.96. The molecule has 0 radical (unpaired) electrons. The summed E-state index contributed by atoms with van der Waals surface area (Å²) >= 11 is 0. The Morgan fingerprint density at radius 2 is 2.11 bits per heavy atom. The summed E-state index contributed by atoms with van der Waals surface area (Å²) in [6.07, 6.45) is 3.02. The normalized spacial score (nSPS) is 15.0. The van der Waals surface area contributed by atoms with Crippen molar-refractivity contribution < 1.29 is 0 Å². The topological polar surface area (TPSA) is 55.1 Å². The van der Waals surface area contributed by atoms with Crippen LogP contribution in [0.1, 0.15) is 17.7 Å². The Labute approximate surface area is 106 Å². The maximum Gasteiger partial charge on any atom is 0.150 e. The van der Waals surface area contributed by atoms with Crippen LogP contribution in [0.3, 0.4) is 0 Å². The third-order valence-electron chi connectivity index (χ3n) is 2.87. The molecule has 0 unspecified atom stereocenters. The summed E-state index contributed by atoms with van der Waals surface area (Å²) in [4.78, 5) is 4.41. The molecule has 5 nitrogen and oxygen atoms in total. The van der Waals surface area contributed by atoms with E-state index in [0.717, 1.165) is 37.6 Å². The number of rotatable bonds is 3. The Morgan fingerprint density at radius 3 is 2.89 bits per heavy atom. The number of aliphatic imine (C=N–C) groups is 1. The maximum absolute atomic E-state index is 4.41. The molecule has 0 atom stereocenters. The molecule has 0 amide bonds. The highest BCUT2D eigenvalue weighted by atomic mass is 15.4. The Balaban J connectivity index is 1.75. The van der Waals surface area contributed by atoms with Crippen molar-refractivity contribution in [3.05, 3.63) is 47.8 Å². The van der Waals surface area contributed by atoms with Crippen molar-refractivity contribution in [1.29, 1.82) is 0 Å². The summed E-state index contributed by atoms with van der Waals surface area (Å²) in [7, 11) is 0. The van der Waals surface area contributed by atoms with Gasteiger partial charge < -0.3 is 5.32 Å². The van der Waals surface area contributed by atoms with Gasteiger partial charge in [-0.1, -0.05) is 35.5 Å². The van der Waals surface area contributed by atoms with Crippen molar-refractivity contribution in [2.75, 3.05) is 13.1 Å². The van der Waals surface area contributed by atoms with Crippen LogP contribution in [0, 0.1) is 0 Å². The van der Waals surface area contributed by atoms with Crippen LogP contribution in [0.15, 0.2) is 41.5 Å². The number of amidine groups is 1. The van der Waals surface area contributed by atoms with Crippen LogP contribution in [-0.4, -0.2) is 33.9 Å². The predicted molar refractivity (Wildman–Crippen MR) is 69.6 cm³/mol. The lowest BCUT2D eigenvalue weighted by atomic mass is 10.2. The van der Waals surface area contributed by atoms with Gasteiger partial charge in [-0.05, 0) is 12.0 Å². The Morgan fingerprint density at radius 1 is 1.22 bits per heavy atom. The minimum absolute atomic E-state index is 0.737. The standard InChI is InChI=1S/C13H15N5/c1-2-5-11(6-3-1)9-18-10-12(16-17-18)13-14-7-4-8-15-13/h1-3,5-6,10H,4,7-9H2,(H,14,15). The lowest BCUT2D eigenvalue weighted by Crippen LogP contribution is -2.30. The zero-order valence-electron chi connectivity index (χ0n) is 10.1. The van der Waals surface area contributed by atoms with Gasteiger partial charge in [0, 0.05) is 13.1 Å². The molecular formula is C13H15N5. The molecule has 18 heavy (non-hydrogen) atoms. The number of benzene rings is 1. The molecule has 1 aliphatic heterocycles. The Hall–Kier alpha value is -2.17. The molecule has 0 spiro atoms. The molecule has 92 valence electrons. The van der Waals surface area contributed by atoms with Crippen molar-refractivity contribution in [2.45, 2.75) is 13.0 Å². The molecule has 3 rings (SSSR count). The Bertz CT molecular complexity index is 544. The van der Waals surface area contributed by atoms with Gasteiger partial charge in [0.15, 0.2) is 5.84 Å². The highest BCUT2D eigenvalue weighted by Gasteiger charge is 2.10. The second kappa shape index (κ2) is 5.00. The molecule has 1 N–H and O–H groups in total. The van der Waals surface area contributed by atoms with E-state index in [1.165, 1.54) is 5.56 Å². The average Bonchev–Trinajstić information content (AvgIpc) is 2.89. The highest BCUT2D eigenvalue weighted by Crippen LogP contribution is 2.03. The number of nitrogens with zero attached hydrogens (tertiary/aromatic N) is 4. The van der Waals surface area contributed by atoms with Gasteiger partial charge in [-0.2, -0.15) is 0 Å². The minimum Gasteiger partial charge on any atom is -0.368 e. The van der Waals surface area contributed by atoms with E-state index >= 15 is 0 Å². The molecule has 1 aromatic heterocycles. The summed E-state index contributed by atoms with van der Waals surface area (Å²) in [6, 6.07) is 10.2. The fraction of sp³-hybridized carbons (Fsp3) is 0.308. The van der Waals surface area contributed by atoms with E-state index in [2.05, 4.69) is 32.8 Å². The molecule has 2 heterocycles. The maximum atomic E-state index is 4.41. The van der Waals surface area contributed by atoms with Crippen molar-refractivity contribution in [3.63, 3.8) is 0 Å². The van der Waals surface area contributed by atoms with E-state index in [1.54, 1.807) is 0 Å². The lowest BCUT2D eigenvalue weighted by Gasteiger charge is -2.11. The van der Waals surface area contributed by atoms with Crippen LogP contribution in [0.5, 0.6) is 0 Å². The molecule has 5 heteroatoms. The number of aromatic nitrogens is 3. The largest absolute Gasteiger partial charge is 0.368 e. The quantitative estimate of drug-likeness (QED) is 0.874. The second-order valence-electron chi connectivity index (χ2n) is 4.30. The summed E-state index contributed by atoms with van der Waals surface area (Å²) in [5.41, 5.74) is 2.04. The third kappa shape index (κ3) is 2.40. The van der Waals surface area contributed by atoms with E-state index in [1.807, 2.05) is 29.1 Å². The second-order valence-corrected chi connectivity index (χ2v) is 4.30. The zero-order chi connectivity index (χ0) is 12.2. The first-order chi connectivity index (χ1) is 8.92. The highest BCUT2D eigenvalue weighted by molar-refractivity contribution is 5.97. The predicted octanol–water partition coefficient (Wildman–Crippen LogP) is 1.07. The SMILES string of the molecule is c1ccc(Cn2cc(C3=NCCCN3)nn2)cc1. The lowest BCUT2D eigenvalue weighted by molar-refractivity contribution is 0.649. The molecular weight excluding hydrogens is 226 g/mol. The molecule has 2 aromatic rings. The van der Waals surface area contributed by atoms with Crippen molar-refractivity contribution in [3.8, 4) is 0 Å². The average molecular weight is 241 g/mol. The molecule has 0 saturated heterocycles. The van der Waals surface area contributed by atoms with Crippen LogP contribution >= 0.6 is 0 Å². The summed E-state index contributed by atoms with van der Waals surface area (Å²) in [6.45, 7) is 2.57. The van der Waals surface area contributed by atoms with Crippen molar-refractivity contribution in [1.82, 2.24) is 20.3 Å². The molecule has 0 saturated carbocycles. The summed E-state index contributed by atoms with van der Waals surface area (Å²) in [5, 5.41) is 11.5. The van der Waals surface area contributed by atoms with Crippen LogP contribution in [0.4, 0.5) is 0 Å². The van der Waals surface area contributed by atoms with Gasteiger partial charge in [0.25, 0.3) is 0 Å². The zero-order valence-corrected chi connectivity index (χ0v) is 10.1. The first-order valence-electron chi connectivity index (χ1n) is 6.14. The van der Waals surface area contributed by atoms with Gasteiger partial charge in [-0.15, -0.1) is 5.10 Å². The van der Waals surface area contributed by atoms with Crippen LogP contribution in [0.25, 0.3) is 0 Å². The molecule has 0 aliphatic carbocycles. The molecule has 0 bridgehead atoms. The van der Waals surface area contributed by atoms with Crippen LogP contribution in [0.2, 0.25) is 0 Å². The smallest absolute Gasteiger partial charge is 0.150 e. The summed E-state index contributed by atoms with van der Waals surface area (Å²) in [5.74, 6) is 0.862. The first kappa shape index (κ1) is 11.0. The number of hydrogen-bond donors (Lipinski definition) is 1. The summed E-state index contributed by atoms with van der Waals surface area (Å²) < 4.78 is 1.84. The number of hydrogen-bond acceptors (Lipinski definition) is 4. The van der Waals surface area contributed by atoms with E-state index in [0.29, 0.717) is 0 Å². The van der Waals surface area contributed by atoms with Crippen molar-refractivity contribution >= 4 is 5.84 Å². The van der Waals surface area contributed by atoms with E-state index in [9.17, 15) is 0 Å². The molecule has 0 fully saturated rings. The van der Waals surface area contributed by atoms with E-state index < -0.39 is 0 Å². The van der Waals surface area contributed by atoms with Gasteiger partial charge in [-0.3, -0.25) is 4.99 Å². The van der Waals surface area contributed by atoms with E-state index in [-0.39, 0.29) is 0 Å². The third-order valence-corrected chi connectivity index (χ3v) is 2.87. The van der Waals surface area contributed by atoms with Gasteiger partial charge in [-0.25, -0.2) is 4.68 Å². The van der Waals surface area contributed by atoms with Gasteiger partial charge in [0.1, 0.15) is 5.69 Å². The molecule has 1 aromatic carbocycles. The van der Waals surface area contributed by atoms with Crippen molar-refractivity contribution in [2.24, 2.45) is 4.99 Å². The van der Waals surface area contributed by atoms with Gasteiger partial charge in [0.05, 0.1) is 12.7 Å². The first-order valence-corrected chi connectivity index (χ1v) is 6.14. The van der Waals surface area contributed by atoms with Gasteiger partial charge in [0.2, 0.25) is 0 Å². The molecule has 1 aliphatic rings. The minimum atomic E-state index is 0.737. The monoisotopic (exact) mass is 241 g/mol. The van der Waals surface area contributed by atoms with Gasteiger partial charge >= 0.3 is 0 Å². The van der Waals surface area contributed by atoms with Crippen LogP contribution in [-0.2, 0) is 6.54 Å².